The van der Waals surface area contributed by atoms with E-state index in [4.69, 9.17) is 10.5 Å². The predicted octanol–water partition coefficient (Wildman–Crippen LogP) is 1.50. The van der Waals surface area contributed by atoms with Crippen LogP contribution in [0.25, 0.3) is 0 Å². The van der Waals surface area contributed by atoms with E-state index >= 15 is 0 Å². The van der Waals surface area contributed by atoms with Gasteiger partial charge in [0.1, 0.15) is 0 Å². The molecule has 6 heteroatoms. The van der Waals surface area contributed by atoms with E-state index in [0.29, 0.717) is 30.4 Å². The number of hydrogen-bond acceptors (Lipinski definition) is 4. The highest BCUT2D eigenvalue weighted by atomic mass is 32.2. The first-order valence-electron chi connectivity index (χ1n) is 7.22. The van der Waals surface area contributed by atoms with Crippen molar-refractivity contribution in [3.63, 3.8) is 0 Å². The zero-order valence-corrected chi connectivity index (χ0v) is 13.7. The standard InChI is InChI=1S/C15H24N2O3S/c1-11-6-7-17(10-14(11)20-3)21(18,19)15-8-13(9-16)5-4-12(15)2/h4-5,8,11,14H,6-7,9-10,16H2,1-3H3. The summed E-state index contributed by atoms with van der Waals surface area (Å²) in [6, 6.07) is 5.37. The van der Waals surface area contributed by atoms with E-state index in [1.165, 1.54) is 4.31 Å². The molecule has 0 aromatic heterocycles. The minimum absolute atomic E-state index is 0.0495. The summed E-state index contributed by atoms with van der Waals surface area (Å²) in [7, 11) is -1.86. The number of benzene rings is 1. The number of aryl methyl sites for hydroxylation is 1. The van der Waals surface area contributed by atoms with Crippen LogP contribution in [0.1, 0.15) is 24.5 Å². The summed E-state index contributed by atoms with van der Waals surface area (Å²) in [4.78, 5) is 0.356. The minimum atomic E-state index is -3.49. The van der Waals surface area contributed by atoms with E-state index in [1.807, 2.05) is 19.1 Å². The van der Waals surface area contributed by atoms with Gasteiger partial charge in [-0.15, -0.1) is 0 Å². The van der Waals surface area contributed by atoms with Gasteiger partial charge in [0.2, 0.25) is 10.0 Å². The van der Waals surface area contributed by atoms with Gasteiger partial charge in [-0.25, -0.2) is 8.42 Å². The Kier molecular flexibility index (Phi) is 5.03. The van der Waals surface area contributed by atoms with Crippen molar-refractivity contribution < 1.29 is 13.2 Å². The van der Waals surface area contributed by atoms with Crippen molar-refractivity contribution in [2.24, 2.45) is 11.7 Å². The van der Waals surface area contributed by atoms with E-state index in [9.17, 15) is 8.42 Å². The maximum Gasteiger partial charge on any atom is 0.243 e. The van der Waals surface area contributed by atoms with Crippen LogP contribution < -0.4 is 5.73 Å². The molecule has 1 aliphatic heterocycles. The molecule has 0 radical (unpaired) electrons. The molecule has 2 unspecified atom stereocenters. The van der Waals surface area contributed by atoms with Crippen LogP contribution >= 0.6 is 0 Å². The van der Waals surface area contributed by atoms with Crippen molar-refractivity contribution >= 4 is 10.0 Å². The highest BCUT2D eigenvalue weighted by molar-refractivity contribution is 7.89. The zero-order valence-electron chi connectivity index (χ0n) is 12.9. The van der Waals surface area contributed by atoms with Gasteiger partial charge in [0.25, 0.3) is 0 Å². The third-order valence-electron chi connectivity index (χ3n) is 4.26. The van der Waals surface area contributed by atoms with Crippen molar-refractivity contribution in [1.29, 1.82) is 0 Å². The Morgan fingerprint density at radius 3 is 2.76 bits per heavy atom. The first kappa shape index (κ1) is 16.4. The first-order valence-corrected chi connectivity index (χ1v) is 8.66. The smallest absolute Gasteiger partial charge is 0.243 e. The van der Waals surface area contributed by atoms with Crippen molar-refractivity contribution in [2.45, 2.75) is 37.8 Å². The molecule has 0 bridgehead atoms. The second-order valence-corrected chi connectivity index (χ2v) is 7.61. The minimum Gasteiger partial charge on any atom is -0.380 e. The molecule has 2 rings (SSSR count). The predicted molar refractivity (Wildman–Crippen MR) is 82.4 cm³/mol. The van der Waals surface area contributed by atoms with E-state index in [-0.39, 0.29) is 6.10 Å². The van der Waals surface area contributed by atoms with Gasteiger partial charge in [-0.3, -0.25) is 0 Å². The molecule has 1 aliphatic rings. The van der Waals surface area contributed by atoms with E-state index in [0.717, 1.165) is 17.5 Å². The maximum absolute atomic E-state index is 12.9. The molecule has 2 N–H and O–H groups in total. The lowest BCUT2D eigenvalue weighted by atomic mass is 9.97. The Balaban J connectivity index is 2.34. The highest BCUT2D eigenvalue weighted by Crippen LogP contribution is 2.27. The summed E-state index contributed by atoms with van der Waals surface area (Å²) in [5.41, 5.74) is 7.20. The van der Waals surface area contributed by atoms with Crippen LogP contribution in [0.2, 0.25) is 0 Å². The third kappa shape index (κ3) is 3.29. The van der Waals surface area contributed by atoms with Crippen molar-refractivity contribution in [3.8, 4) is 0 Å². The number of methoxy groups -OCH3 is 1. The SMILES string of the molecule is COC1CN(S(=O)(=O)c2cc(CN)ccc2C)CCC1C. The van der Waals surface area contributed by atoms with E-state index in [2.05, 4.69) is 6.92 Å². The fraction of sp³-hybridized carbons (Fsp3) is 0.600. The third-order valence-corrected chi connectivity index (χ3v) is 6.27. The number of piperidine rings is 1. The molecule has 1 heterocycles. The van der Waals surface area contributed by atoms with Gasteiger partial charge in [-0.2, -0.15) is 4.31 Å². The molecule has 21 heavy (non-hydrogen) atoms. The van der Waals surface area contributed by atoms with E-state index < -0.39 is 10.0 Å². The van der Waals surface area contributed by atoms with Crippen LogP contribution in [0.15, 0.2) is 23.1 Å². The summed E-state index contributed by atoms with van der Waals surface area (Å²) in [5.74, 6) is 0.373. The second-order valence-electron chi connectivity index (χ2n) is 5.71. The Bertz CT molecular complexity index is 601. The van der Waals surface area contributed by atoms with Gasteiger partial charge < -0.3 is 10.5 Å². The van der Waals surface area contributed by atoms with E-state index in [1.54, 1.807) is 13.2 Å². The van der Waals surface area contributed by atoms with Gasteiger partial charge in [0.15, 0.2) is 0 Å². The number of nitrogens with two attached hydrogens (primary N) is 1. The molecular weight excluding hydrogens is 288 g/mol. The molecule has 1 aromatic carbocycles. The summed E-state index contributed by atoms with van der Waals surface area (Å²) in [6.07, 6.45) is 0.763. The Morgan fingerprint density at radius 2 is 2.14 bits per heavy atom. The van der Waals surface area contributed by atoms with Crippen LogP contribution in [0, 0.1) is 12.8 Å². The number of nitrogens with zero attached hydrogens (tertiary/aromatic N) is 1. The van der Waals surface area contributed by atoms with Gasteiger partial charge in [0, 0.05) is 26.7 Å². The van der Waals surface area contributed by atoms with Crippen LogP contribution in [0.4, 0.5) is 0 Å². The molecule has 118 valence electrons. The molecular formula is C15H24N2O3S. The van der Waals surface area contributed by atoms with Crippen molar-refractivity contribution in [1.82, 2.24) is 4.31 Å². The molecule has 0 spiro atoms. The first-order chi connectivity index (χ1) is 9.90. The number of hydrogen-bond donors (Lipinski definition) is 1. The monoisotopic (exact) mass is 312 g/mol. The second kappa shape index (κ2) is 6.44. The molecule has 0 aliphatic carbocycles. The Morgan fingerprint density at radius 1 is 1.43 bits per heavy atom. The van der Waals surface area contributed by atoms with Gasteiger partial charge in [-0.1, -0.05) is 19.1 Å². The lowest BCUT2D eigenvalue weighted by Gasteiger charge is -2.35. The Labute approximate surface area is 127 Å². The number of ether oxygens (including phenoxy) is 1. The van der Waals surface area contributed by atoms with Crippen LogP contribution in [-0.2, 0) is 21.3 Å². The van der Waals surface area contributed by atoms with Gasteiger partial charge in [0.05, 0.1) is 11.0 Å². The number of sulfonamides is 1. The van der Waals surface area contributed by atoms with Crippen LogP contribution in [-0.4, -0.2) is 39.0 Å². The van der Waals surface area contributed by atoms with Crippen molar-refractivity contribution in [3.05, 3.63) is 29.3 Å². The average molecular weight is 312 g/mol. The topological polar surface area (TPSA) is 72.6 Å². The average Bonchev–Trinajstić information content (AvgIpc) is 2.47. The quantitative estimate of drug-likeness (QED) is 0.914. The van der Waals surface area contributed by atoms with Gasteiger partial charge >= 0.3 is 0 Å². The zero-order chi connectivity index (χ0) is 15.6. The summed E-state index contributed by atoms with van der Waals surface area (Å²) >= 11 is 0. The summed E-state index contributed by atoms with van der Waals surface area (Å²) < 4.78 is 32.7. The molecule has 2 atom stereocenters. The maximum atomic E-state index is 12.9. The van der Waals surface area contributed by atoms with Crippen LogP contribution in [0.3, 0.4) is 0 Å². The normalized spacial score (nSPS) is 24.2. The molecule has 5 nitrogen and oxygen atoms in total. The van der Waals surface area contributed by atoms with Gasteiger partial charge in [-0.05, 0) is 36.5 Å². The Hall–Kier alpha value is -0.950. The lowest BCUT2D eigenvalue weighted by Crippen LogP contribution is -2.46. The fourth-order valence-corrected chi connectivity index (χ4v) is 4.46. The largest absolute Gasteiger partial charge is 0.380 e. The molecule has 1 aromatic rings. The molecule has 0 amide bonds. The molecule has 0 saturated carbocycles. The fourth-order valence-electron chi connectivity index (χ4n) is 2.72. The van der Waals surface area contributed by atoms with Crippen LogP contribution in [0.5, 0.6) is 0 Å². The highest BCUT2D eigenvalue weighted by Gasteiger charge is 2.34. The summed E-state index contributed by atoms with van der Waals surface area (Å²) in [5, 5.41) is 0. The number of rotatable bonds is 4. The lowest BCUT2D eigenvalue weighted by molar-refractivity contribution is 0.0183. The summed E-state index contributed by atoms with van der Waals surface area (Å²) in [6.45, 7) is 5.19. The molecule has 1 saturated heterocycles. The molecule has 1 fully saturated rings. The van der Waals surface area contributed by atoms with Crippen molar-refractivity contribution in [2.75, 3.05) is 20.2 Å².